The summed E-state index contributed by atoms with van der Waals surface area (Å²) < 4.78 is 16.7. The minimum absolute atomic E-state index is 0.138. The zero-order valence-corrected chi connectivity index (χ0v) is 11.7. The minimum Gasteiger partial charge on any atom is -0.493 e. The van der Waals surface area contributed by atoms with Gasteiger partial charge in [-0.15, -0.1) is 0 Å². The molecule has 106 valence electrons. The third-order valence-electron chi connectivity index (χ3n) is 3.23. The maximum absolute atomic E-state index is 5.84. The number of rotatable bonds is 6. The molecule has 0 radical (unpaired) electrons. The highest BCUT2D eigenvalue weighted by atomic mass is 16.5. The highest BCUT2D eigenvalue weighted by Gasteiger charge is 2.17. The first-order valence-corrected chi connectivity index (χ1v) is 6.86. The molecule has 2 unspecified atom stereocenters. The molecule has 0 spiro atoms. The van der Waals surface area contributed by atoms with Gasteiger partial charge in [-0.05, 0) is 43.9 Å². The molecule has 19 heavy (non-hydrogen) atoms. The molecular weight excluding hydrogens is 242 g/mol. The molecule has 2 atom stereocenters. The van der Waals surface area contributed by atoms with Gasteiger partial charge in [-0.3, -0.25) is 0 Å². The molecule has 4 heteroatoms. The van der Waals surface area contributed by atoms with Crippen LogP contribution in [0.25, 0.3) is 0 Å². The number of benzene rings is 1. The Morgan fingerprint density at radius 3 is 2.89 bits per heavy atom. The Morgan fingerprint density at radius 2 is 2.26 bits per heavy atom. The molecule has 0 amide bonds. The van der Waals surface area contributed by atoms with Gasteiger partial charge in [0.2, 0.25) is 0 Å². The normalized spacial score (nSPS) is 20.3. The summed E-state index contributed by atoms with van der Waals surface area (Å²) in [5.74, 6) is 1.53. The topological polar surface area (TPSA) is 53.7 Å². The molecule has 1 aliphatic rings. The molecule has 0 saturated carbocycles. The second kappa shape index (κ2) is 6.78. The van der Waals surface area contributed by atoms with Gasteiger partial charge in [0.25, 0.3) is 0 Å². The summed E-state index contributed by atoms with van der Waals surface area (Å²) in [5, 5.41) is 0. The van der Waals surface area contributed by atoms with Crippen LogP contribution in [-0.2, 0) is 11.2 Å². The second-order valence-electron chi connectivity index (χ2n) is 5.11. The summed E-state index contributed by atoms with van der Waals surface area (Å²) in [7, 11) is 1.65. The van der Waals surface area contributed by atoms with E-state index in [2.05, 4.69) is 0 Å². The maximum atomic E-state index is 5.84. The predicted molar refractivity (Wildman–Crippen MR) is 74.8 cm³/mol. The summed E-state index contributed by atoms with van der Waals surface area (Å²) in [5.41, 5.74) is 6.99. The first kappa shape index (κ1) is 14.2. The average Bonchev–Trinajstić information content (AvgIpc) is 2.89. The molecule has 1 aromatic carbocycles. The van der Waals surface area contributed by atoms with E-state index in [9.17, 15) is 0 Å². The third-order valence-corrected chi connectivity index (χ3v) is 3.23. The number of ether oxygens (including phenoxy) is 3. The average molecular weight is 265 g/mol. The highest BCUT2D eigenvalue weighted by Crippen LogP contribution is 2.29. The Labute approximate surface area is 114 Å². The van der Waals surface area contributed by atoms with E-state index in [0.29, 0.717) is 6.61 Å². The Morgan fingerprint density at radius 1 is 1.42 bits per heavy atom. The van der Waals surface area contributed by atoms with Crippen LogP contribution in [0.1, 0.15) is 25.3 Å². The van der Waals surface area contributed by atoms with Crippen molar-refractivity contribution in [2.45, 2.75) is 38.3 Å². The van der Waals surface area contributed by atoms with Crippen molar-refractivity contribution in [3.05, 3.63) is 23.8 Å². The number of hydrogen-bond donors (Lipinski definition) is 1. The predicted octanol–water partition coefficient (Wildman–Crippen LogP) is 2.14. The van der Waals surface area contributed by atoms with Crippen molar-refractivity contribution in [2.24, 2.45) is 5.73 Å². The van der Waals surface area contributed by atoms with Gasteiger partial charge in [0.15, 0.2) is 11.5 Å². The van der Waals surface area contributed by atoms with E-state index in [1.54, 1.807) is 7.11 Å². The summed E-state index contributed by atoms with van der Waals surface area (Å²) in [4.78, 5) is 0. The Kier molecular flexibility index (Phi) is 5.05. The molecule has 1 saturated heterocycles. The molecule has 1 fully saturated rings. The van der Waals surface area contributed by atoms with Crippen LogP contribution in [0.3, 0.4) is 0 Å². The standard InChI is InChI=1S/C15H23NO3/c1-11(16)8-12-5-6-14(17-2)15(9-12)19-10-13-4-3-7-18-13/h5-6,9,11,13H,3-4,7-8,10,16H2,1-2H3. The van der Waals surface area contributed by atoms with Gasteiger partial charge in [0, 0.05) is 12.6 Å². The smallest absolute Gasteiger partial charge is 0.161 e. The van der Waals surface area contributed by atoms with Gasteiger partial charge in [0.05, 0.1) is 13.2 Å². The molecule has 1 aliphatic heterocycles. The number of nitrogens with two attached hydrogens (primary N) is 1. The van der Waals surface area contributed by atoms with Gasteiger partial charge in [-0.2, -0.15) is 0 Å². The van der Waals surface area contributed by atoms with Crippen LogP contribution >= 0.6 is 0 Å². The summed E-state index contributed by atoms with van der Waals surface area (Å²) in [6.07, 6.45) is 3.24. The molecule has 4 nitrogen and oxygen atoms in total. The molecular formula is C15H23NO3. The second-order valence-corrected chi connectivity index (χ2v) is 5.11. The first-order chi connectivity index (χ1) is 9.19. The van der Waals surface area contributed by atoms with Gasteiger partial charge in [-0.25, -0.2) is 0 Å². The summed E-state index contributed by atoms with van der Waals surface area (Å²) in [6.45, 7) is 3.42. The van der Waals surface area contributed by atoms with Crippen LogP contribution in [0.15, 0.2) is 18.2 Å². The molecule has 0 aromatic heterocycles. The van der Waals surface area contributed by atoms with Crippen molar-refractivity contribution in [3.63, 3.8) is 0 Å². The monoisotopic (exact) mass is 265 g/mol. The quantitative estimate of drug-likeness (QED) is 0.856. The van der Waals surface area contributed by atoms with Crippen LogP contribution < -0.4 is 15.2 Å². The maximum Gasteiger partial charge on any atom is 0.161 e. The van der Waals surface area contributed by atoms with E-state index in [-0.39, 0.29) is 12.1 Å². The molecule has 2 rings (SSSR count). The van der Waals surface area contributed by atoms with Crippen molar-refractivity contribution < 1.29 is 14.2 Å². The number of methoxy groups -OCH3 is 1. The van der Waals surface area contributed by atoms with Gasteiger partial charge in [0.1, 0.15) is 6.61 Å². The lowest BCUT2D eigenvalue weighted by molar-refractivity contribution is 0.0669. The van der Waals surface area contributed by atoms with Crippen molar-refractivity contribution >= 4 is 0 Å². The minimum atomic E-state index is 0.138. The van der Waals surface area contributed by atoms with E-state index in [0.717, 1.165) is 42.9 Å². The highest BCUT2D eigenvalue weighted by molar-refractivity contribution is 5.43. The van der Waals surface area contributed by atoms with E-state index in [1.165, 1.54) is 0 Å². The Balaban J connectivity index is 2.02. The largest absolute Gasteiger partial charge is 0.493 e. The Bertz CT molecular complexity index is 400. The van der Waals surface area contributed by atoms with Gasteiger partial charge < -0.3 is 19.9 Å². The molecule has 2 N–H and O–H groups in total. The Hall–Kier alpha value is -1.26. The molecule has 0 bridgehead atoms. The van der Waals surface area contributed by atoms with E-state index >= 15 is 0 Å². The van der Waals surface area contributed by atoms with Crippen molar-refractivity contribution in [2.75, 3.05) is 20.3 Å². The molecule has 1 aromatic rings. The van der Waals surface area contributed by atoms with E-state index in [1.807, 2.05) is 25.1 Å². The van der Waals surface area contributed by atoms with Crippen molar-refractivity contribution in [1.29, 1.82) is 0 Å². The summed E-state index contributed by atoms with van der Waals surface area (Å²) >= 11 is 0. The van der Waals surface area contributed by atoms with Crippen LogP contribution in [0.2, 0.25) is 0 Å². The fourth-order valence-electron chi connectivity index (χ4n) is 2.29. The summed E-state index contributed by atoms with van der Waals surface area (Å²) in [6, 6.07) is 6.11. The fraction of sp³-hybridized carbons (Fsp3) is 0.600. The molecule has 1 heterocycles. The van der Waals surface area contributed by atoms with Crippen LogP contribution in [0.5, 0.6) is 11.5 Å². The zero-order chi connectivity index (χ0) is 13.7. The SMILES string of the molecule is COc1ccc(CC(C)N)cc1OCC1CCCO1. The van der Waals surface area contributed by atoms with Gasteiger partial charge >= 0.3 is 0 Å². The van der Waals surface area contributed by atoms with Crippen molar-refractivity contribution in [3.8, 4) is 11.5 Å². The molecule has 0 aliphatic carbocycles. The van der Waals surface area contributed by atoms with Crippen LogP contribution in [0, 0.1) is 0 Å². The zero-order valence-electron chi connectivity index (χ0n) is 11.7. The van der Waals surface area contributed by atoms with Crippen molar-refractivity contribution in [1.82, 2.24) is 0 Å². The van der Waals surface area contributed by atoms with E-state index in [4.69, 9.17) is 19.9 Å². The van der Waals surface area contributed by atoms with Crippen LogP contribution in [-0.4, -0.2) is 32.5 Å². The lowest BCUT2D eigenvalue weighted by Crippen LogP contribution is -2.18. The lowest BCUT2D eigenvalue weighted by atomic mass is 10.1. The number of hydrogen-bond acceptors (Lipinski definition) is 4. The van der Waals surface area contributed by atoms with Gasteiger partial charge in [-0.1, -0.05) is 6.07 Å². The van der Waals surface area contributed by atoms with E-state index < -0.39 is 0 Å². The first-order valence-electron chi connectivity index (χ1n) is 6.86. The lowest BCUT2D eigenvalue weighted by Gasteiger charge is -2.15. The third kappa shape index (κ3) is 4.11. The van der Waals surface area contributed by atoms with Crippen LogP contribution in [0.4, 0.5) is 0 Å². The fourth-order valence-corrected chi connectivity index (χ4v) is 2.29.